The Morgan fingerprint density at radius 2 is 1.94 bits per heavy atom. The molecule has 0 aliphatic carbocycles. The maximum Gasteiger partial charge on any atom is 0.244 e. The van der Waals surface area contributed by atoms with E-state index in [2.05, 4.69) is 21.2 Å². The van der Waals surface area contributed by atoms with Crippen LogP contribution in [0.5, 0.6) is 0 Å². The molecule has 0 unspecified atom stereocenters. The Balaban J connectivity index is 2.37. The summed E-state index contributed by atoms with van der Waals surface area (Å²) in [4.78, 5) is 0.185. The zero-order chi connectivity index (χ0) is 12.5. The van der Waals surface area contributed by atoms with Crippen LogP contribution in [0.25, 0.3) is 0 Å². The van der Waals surface area contributed by atoms with E-state index in [-0.39, 0.29) is 9.92 Å². The van der Waals surface area contributed by atoms with Crippen molar-refractivity contribution in [2.45, 2.75) is 4.90 Å². The van der Waals surface area contributed by atoms with Crippen LogP contribution in [0, 0.1) is 0 Å². The second-order valence-corrected chi connectivity index (χ2v) is 7.07. The summed E-state index contributed by atoms with van der Waals surface area (Å²) in [7, 11) is -3.45. The minimum Gasteiger partial charge on any atom is -0.344 e. The summed E-state index contributed by atoms with van der Waals surface area (Å²) in [6.45, 7) is 2.67. The molecule has 1 aromatic rings. The smallest absolute Gasteiger partial charge is 0.244 e. The normalized spacial score (nSPS) is 18.2. The number of hydrogen-bond donors (Lipinski definition) is 1. The number of hydrogen-bond acceptors (Lipinski definition) is 2. The monoisotopic (exact) mass is 339 g/mol. The number of rotatable bonds is 2. The van der Waals surface area contributed by atoms with Crippen LogP contribution in [0.4, 0.5) is 0 Å². The molecule has 0 radical (unpaired) electrons. The summed E-state index contributed by atoms with van der Waals surface area (Å²) in [5.74, 6) is 0. The molecule has 0 atom stereocenters. The first-order valence-electron chi connectivity index (χ1n) is 5.28. The van der Waals surface area contributed by atoms with E-state index in [9.17, 15) is 8.42 Å². The first-order chi connectivity index (χ1) is 8.01. The molecule has 0 spiro atoms. The summed E-state index contributed by atoms with van der Waals surface area (Å²) in [5, 5.41) is 2.36. The molecule has 1 heterocycles. The van der Waals surface area contributed by atoms with E-state index in [0.29, 0.717) is 13.1 Å². The molecule has 0 amide bonds. The van der Waals surface area contributed by atoms with Gasteiger partial charge in [-0.15, -0.1) is 0 Å². The standard InChI is InChI=1S/C10H12BrClN2O2S/c11-8-1-2-10(9(12)7-8)17(15,16)14-5-3-13-4-6-14/h1-2,7,13H,3-6H2/p+1. The van der Waals surface area contributed by atoms with Crippen LogP contribution < -0.4 is 5.32 Å². The average molecular weight is 341 g/mol. The van der Waals surface area contributed by atoms with Crippen molar-refractivity contribution >= 4 is 37.6 Å². The molecule has 17 heavy (non-hydrogen) atoms. The molecule has 0 saturated carbocycles. The van der Waals surface area contributed by atoms with E-state index < -0.39 is 10.0 Å². The lowest BCUT2D eigenvalue weighted by molar-refractivity contribution is -0.661. The van der Waals surface area contributed by atoms with Crippen molar-refractivity contribution < 1.29 is 13.7 Å². The van der Waals surface area contributed by atoms with Gasteiger partial charge in [0, 0.05) is 4.47 Å². The highest BCUT2D eigenvalue weighted by atomic mass is 79.9. The van der Waals surface area contributed by atoms with Crippen LogP contribution in [0.1, 0.15) is 0 Å². The molecule has 2 rings (SSSR count). The molecule has 1 saturated heterocycles. The molecule has 4 nitrogen and oxygen atoms in total. The van der Waals surface area contributed by atoms with Gasteiger partial charge in [-0.3, -0.25) is 0 Å². The van der Waals surface area contributed by atoms with Crippen LogP contribution in [0.15, 0.2) is 27.6 Å². The first-order valence-corrected chi connectivity index (χ1v) is 7.90. The van der Waals surface area contributed by atoms with E-state index in [4.69, 9.17) is 11.6 Å². The topological polar surface area (TPSA) is 54.0 Å². The fraction of sp³-hybridized carbons (Fsp3) is 0.400. The highest BCUT2D eigenvalue weighted by Crippen LogP contribution is 2.27. The third kappa shape index (κ3) is 2.82. The molecule has 7 heteroatoms. The van der Waals surface area contributed by atoms with Gasteiger partial charge in [0.05, 0.1) is 31.2 Å². The van der Waals surface area contributed by atoms with Gasteiger partial charge >= 0.3 is 0 Å². The molecule has 1 aliphatic rings. The van der Waals surface area contributed by atoms with Crippen molar-refractivity contribution in [3.63, 3.8) is 0 Å². The van der Waals surface area contributed by atoms with Gasteiger partial charge in [-0.2, -0.15) is 4.31 Å². The fourth-order valence-electron chi connectivity index (χ4n) is 1.79. The second kappa shape index (κ2) is 5.24. The van der Waals surface area contributed by atoms with Gasteiger partial charge in [0.1, 0.15) is 4.90 Å². The first kappa shape index (κ1) is 13.3. The molecule has 2 N–H and O–H groups in total. The van der Waals surface area contributed by atoms with Crippen LogP contribution in [-0.4, -0.2) is 38.9 Å². The maximum absolute atomic E-state index is 12.3. The number of sulfonamides is 1. The molecule has 0 bridgehead atoms. The number of nitrogens with two attached hydrogens (primary N) is 1. The number of benzene rings is 1. The summed E-state index contributed by atoms with van der Waals surface area (Å²) < 4.78 is 26.9. The number of nitrogens with zero attached hydrogens (tertiary/aromatic N) is 1. The number of piperazine rings is 1. The van der Waals surface area contributed by atoms with Crippen LogP contribution >= 0.6 is 27.5 Å². The van der Waals surface area contributed by atoms with Crippen molar-refractivity contribution in [2.24, 2.45) is 0 Å². The molecular formula is C10H13BrClN2O2S+. The Morgan fingerprint density at radius 3 is 2.53 bits per heavy atom. The highest BCUT2D eigenvalue weighted by Gasteiger charge is 2.28. The van der Waals surface area contributed by atoms with Crippen molar-refractivity contribution in [1.82, 2.24) is 4.31 Å². The maximum atomic E-state index is 12.3. The van der Waals surface area contributed by atoms with Crippen molar-refractivity contribution in [1.29, 1.82) is 0 Å². The molecule has 1 aromatic carbocycles. The zero-order valence-electron chi connectivity index (χ0n) is 9.07. The molecular weight excluding hydrogens is 328 g/mol. The number of halogens is 2. The Bertz CT molecular complexity index is 515. The third-order valence-electron chi connectivity index (χ3n) is 2.68. The minimum absolute atomic E-state index is 0.185. The van der Waals surface area contributed by atoms with Gasteiger partial charge in [0.15, 0.2) is 0 Å². The van der Waals surface area contributed by atoms with Gasteiger partial charge in [0.2, 0.25) is 10.0 Å². The Labute approximate surface area is 114 Å². The minimum atomic E-state index is -3.45. The lowest BCUT2D eigenvalue weighted by atomic mass is 10.4. The lowest BCUT2D eigenvalue weighted by Crippen LogP contribution is -2.89. The average Bonchev–Trinajstić information content (AvgIpc) is 2.29. The fourth-order valence-corrected chi connectivity index (χ4v) is 4.27. The van der Waals surface area contributed by atoms with Crippen LogP contribution in [0.3, 0.4) is 0 Å². The van der Waals surface area contributed by atoms with Gasteiger partial charge in [-0.25, -0.2) is 8.42 Å². The zero-order valence-corrected chi connectivity index (χ0v) is 12.2. The quantitative estimate of drug-likeness (QED) is 0.860. The Kier molecular flexibility index (Phi) is 4.10. The van der Waals surface area contributed by atoms with Crippen molar-refractivity contribution in [3.05, 3.63) is 27.7 Å². The predicted molar refractivity (Wildman–Crippen MR) is 69.6 cm³/mol. The largest absolute Gasteiger partial charge is 0.344 e. The van der Waals surface area contributed by atoms with E-state index >= 15 is 0 Å². The molecule has 0 aromatic heterocycles. The summed E-state index contributed by atoms with van der Waals surface area (Å²) >= 11 is 9.25. The summed E-state index contributed by atoms with van der Waals surface area (Å²) in [5.41, 5.74) is 0. The molecule has 1 fully saturated rings. The van der Waals surface area contributed by atoms with Crippen LogP contribution in [-0.2, 0) is 10.0 Å². The van der Waals surface area contributed by atoms with Crippen molar-refractivity contribution in [2.75, 3.05) is 26.2 Å². The second-order valence-electron chi connectivity index (χ2n) is 3.84. The van der Waals surface area contributed by atoms with E-state index in [1.165, 1.54) is 4.31 Å². The lowest BCUT2D eigenvalue weighted by Gasteiger charge is -2.24. The molecule has 1 aliphatic heterocycles. The highest BCUT2D eigenvalue weighted by molar-refractivity contribution is 9.10. The van der Waals surface area contributed by atoms with E-state index in [1.54, 1.807) is 18.2 Å². The predicted octanol–water partition coefficient (Wildman–Crippen LogP) is 0.670. The van der Waals surface area contributed by atoms with E-state index in [0.717, 1.165) is 17.6 Å². The van der Waals surface area contributed by atoms with Gasteiger partial charge in [-0.05, 0) is 18.2 Å². The molecule has 94 valence electrons. The number of quaternary nitrogens is 1. The summed E-state index contributed by atoms with van der Waals surface area (Å²) in [6, 6.07) is 4.83. The Morgan fingerprint density at radius 1 is 1.29 bits per heavy atom. The Hall–Kier alpha value is -0.140. The summed E-state index contributed by atoms with van der Waals surface area (Å²) in [6.07, 6.45) is 0. The van der Waals surface area contributed by atoms with E-state index in [1.807, 2.05) is 0 Å². The van der Waals surface area contributed by atoms with Crippen LogP contribution in [0.2, 0.25) is 5.02 Å². The van der Waals surface area contributed by atoms with Gasteiger partial charge in [0.25, 0.3) is 0 Å². The van der Waals surface area contributed by atoms with Crippen molar-refractivity contribution in [3.8, 4) is 0 Å². The van der Waals surface area contributed by atoms with Gasteiger partial charge in [-0.1, -0.05) is 27.5 Å². The van der Waals surface area contributed by atoms with Gasteiger partial charge < -0.3 is 5.32 Å². The SMILES string of the molecule is O=S(=O)(c1ccc(Br)cc1Cl)N1CC[NH2+]CC1. The third-order valence-corrected chi connectivity index (χ3v) is 5.55.